The van der Waals surface area contributed by atoms with Gasteiger partial charge >= 0.3 is 0 Å². The molecule has 1 fully saturated rings. The summed E-state index contributed by atoms with van der Waals surface area (Å²) in [4.78, 5) is 14.5. The van der Waals surface area contributed by atoms with Gasteiger partial charge in [0.2, 0.25) is 5.91 Å². The minimum absolute atomic E-state index is 0.0109. The number of piperidine rings is 1. The highest BCUT2D eigenvalue weighted by atomic mass is 16.3. The molecular formula is C18H28N2O3. The number of nitrogens with zero attached hydrogens (tertiary/aromatic N) is 1. The summed E-state index contributed by atoms with van der Waals surface area (Å²) in [5.74, 6) is 0.630. The molecule has 0 spiro atoms. The number of carbonyl (C=O) groups excluding carboxylic acids is 1. The highest BCUT2D eigenvalue weighted by Crippen LogP contribution is 2.21. The Balaban J connectivity index is 1.68. The molecule has 1 aliphatic heterocycles. The van der Waals surface area contributed by atoms with Crippen LogP contribution in [0.1, 0.15) is 44.3 Å². The summed E-state index contributed by atoms with van der Waals surface area (Å²) in [6, 6.07) is 6.39. The smallest absolute Gasteiger partial charge is 0.220 e. The lowest BCUT2D eigenvalue weighted by Crippen LogP contribution is -2.36. The zero-order valence-corrected chi connectivity index (χ0v) is 13.9. The van der Waals surface area contributed by atoms with Crippen LogP contribution in [0.15, 0.2) is 24.3 Å². The topological polar surface area (TPSA) is 72.8 Å². The van der Waals surface area contributed by atoms with Crippen molar-refractivity contribution in [3.63, 3.8) is 0 Å². The number of hydrogen-bond acceptors (Lipinski definition) is 4. The molecule has 0 aliphatic carbocycles. The lowest BCUT2D eigenvalue weighted by molar-refractivity contribution is -0.122. The minimum atomic E-state index is -0.744. The van der Waals surface area contributed by atoms with Crippen LogP contribution >= 0.6 is 0 Å². The molecule has 0 unspecified atom stereocenters. The van der Waals surface area contributed by atoms with Crippen molar-refractivity contribution in [2.24, 2.45) is 5.92 Å². The standard InChI is InChI=1S/C18H28N2O3/c1-2-9-20-10-7-14(8-11-20)12-18(23)19-13-17(22)15-3-5-16(21)6-4-15/h3-6,14,17,21-22H,2,7-13H2,1H3,(H,19,23)/t17-/m1/s1. The van der Waals surface area contributed by atoms with Gasteiger partial charge in [-0.3, -0.25) is 4.79 Å². The summed E-state index contributed by atoms with van der Waals surface area (Å²) in [5, 5.41) is 22.1. The molecule has 1 heterocycles. The number of amides is 1. The predicted octanol–water partition coefficient (Wildman–Crippen LogP) is 2.05. The van der Waals surface area contributed by atoms with E-state index < -0.39 is 6.10 Å². The summed E-state index contributed by atoms with van der Waals surface area (Å²) in [6.07, 6.45) is 3.13. The number of hydrogen-bond donors (Lipinski definition) is 3. The largest absolute Gasteiger partial charge is 0.508 e. The van der Waals surface area contributed by atoms with E-state index in [4.69, 9.17) is 0 Å². The van der Waals surface area contributed by atoms with Gasteiger partial charge in [-0.05, 0) is 62.5 Å². The second kappa shape index (κ2) is 8.89. The zero-order chi connectivity index (χ0) is 16.7. The Labute approximate surface area is 138 Å². The first-order chi connectivity index (χ1) is 11.1. The predicted molar refractivity (Wildman–Crippen MR) is 90.1 cm³/mol. The van der Waals surface area contributed by atoms with E-state index in [0.717, 1.165) is 32.5 Å². The Morgan fingerprint density at radius 2 is 1.96 bits per heavy atom. The summed E-state index contributed by atoms with van der Waals surface area (Å²) in [5.41, 5.74) is 0.691. The van der Waals surface area contributed by atoms with Crippen molar-refractivity contribution in [2.75, 3.05) is 26.2 Å². The van der Waals surface area contributed by atoms with Gasteiger partial charge in [0, 0.05) is 13.0 Å². The lowest BCUT2D eigenvalue weighted by atomic mass is 9.93. The molecule has 1 atom stereocenters. The van der Waals surface area contributed by atoms with Gasteiger partial charge in [-0.1, -0.05) is 19.1 Å². The Bertz CT molecular complexity index is 482. The summed E-state index contributed by atoms with van der Waals surface area (Å²) >= 11 is 0. The van der Waals surface area contributed by atoms with Crippen LogP contribution in [0, 0.1) is 5.92 Å². The molecule has 1 aromatic rings. The number of phenolic OH excluding ortho intramolecular Hbond substituents is 1. The van der Waals surface area contributed by atoms with Crippen LogP contribution in [0.3, 0.4) is 0 Å². The van der Waals surface area contributed by atoms with Gasteiger partial charge in [-0.25, -0.2) is 0 Å². The number of rotatable bonds is 7. The van der Waals surface area contributed by atoms with E-state index in [-0.39, 0.29) is 18.2 Å². The van der Waals surface area contributed by atoms with E-state index >= 15 is 0 Å². The molecule has 0 bridgehead atoms. The third kappa shape index (κ3) is 5.84. The van der Waals surface area contributed by atoms with Crippen molar-refractivity contribution in [3.05, 3.63) is 29.8 Å². The molecule has 2 rings (SSSR count). The third-order valence-corrected chi connectivity index (χ3v) is 4.49. The van der Waals surface area contributed by atoms with E-state index in [9.17, 15) is 15.0 Å². The van der Waals surface area contributed by atoms with Gasteiger partial charge in [0.25, 0.3) is 0 Å². The van der Waals surface area contributed by atoms with Crippen molar-refractivity contribution in [3.8, 4) is 5.75 Å². The van der Waals surface area contributed by atoms with Crippen molar-refractivity contribution in [2.45, 2.75) is 38.7 Å². The molecular weight excluding hydrogens is 292 g/mol. The lowest BCUT2D eigenvalue weighted by Gasteiger charge is -2.31. The second-order valence-corrected chi connectivity index (χ2v) is 6.40. The van der Waals surface area contributed by atoms with Crippen molar-refractivity contribution >= 4 is 5.91 Å². The minimum Gasteiger partial charge on any atom is -0.508 e. The third-order valence-electron chi connectivity index (χ3n) is 4.49. The fourth-order valence-electron chi connectivity index (χ4n) is 3.09. The SMILES string of the molecule is CCCN1CCC(CC(=O)NC[C@@H](O)c2ccc(O)cc2)CC1. The Morgan fingerprint density at radius 3 is 2.57 bits per heavy atom. The Hall–Kier alpha value is -1.59. The van der Waals surface area contributed by atoms with Crippen molar-refractivity contribution < 1.29 is 15.0 Å². The molecule has 0 saturated carbocycles. The Kier molecular flexibility index (Phi) is 6.86. The van der Waals surface area contributed by atoms with Crippen LogP contribution in [0.25, 0.3) is 0 Å². The van der Waals surface area contributed by atoms with Gasteiger partial charge in [0.1, 0.15) is 5.75 Å². The van der Waals surface area contributed by atoms with E-state index in [1.54, 1.807) is 12.1 Å². The summed E-state index contributed by atoms with van der Waals surface area (Å²) < 4.78 is 0. The first-order valence-electron chi connectivity index (χ1n) is 8.54. The monoisotopic (exact) mass is 320 g/mol. The first kappa shape index (κ1) is 17.8. The number of likely N-dealkylation sites (tertiary alicyclic amines) is 1. The van der Waals surface area contributed by atoms with E-state index in [1.807, 2.05) is 0 Å². The van der Waals surface area contributed by atoms with Gasteiger partial charge < -0.3 is 20.4 Å². The van der Waals surface area contributed by atoms with Crippen LogP contribution < -0.4 is 5.32 Å². The maximum Gasteiger partial charge on any atom is 0.220 e. The molecule has 3 N–H and O–H groups in total. The number of aliphatic hydroxyl groups excluding tert-OH is 1. The molecule has 5 heteroatoms. The number of nitrogens with one attached hydrogen (secondary N) is 1. The summed E-state index contributed by atoms with van der Waals surface area (Å²) in [6.45, 7) is 5.72. The number of benzene rings is 1. The zero-order valence-electron chi connectivity index (χ0n) is 13.9. The number of aliphatic hydroxyl groups is 1. The first-order valence-corrected chi connectivity index (χ1v) is 8.54. The van der Waals surface area contributed by atoms with Crippen molar-refractivity contribution in [1.29, 1.82) is 0 Å². The molecule has 23 heavy (non-hydrogen) atoms. The highest BCUT2D eigenvalue weighted by Gasteiger charge is 2.21. The van der Waals surface area contributed by atoms with Crippen molar-refractivity contribution in [1.82, 2.24) is 10.2 Å². The average molecular weight is 320 g/mol. The van der Waals surface area contributed by atoms with Gasteiger partial charge in [-0.2, -0.15) is 0 Å². The normalized spacial score (nSPS) is 17.8. The number of aromatic hydroxyl groups is 1. The Morgan fingerprint density at radius 1 is 1.30 bits per heavy atom. The van der Waals surface area contributed by atoms with E-state index in [0.29, 0.717) is 17.9 Å². The molecule has 5 nitrogen and oxygen atoms in total. The maximum atomic E-state index is 12.0. The number of carbonyl (C=O) groups is 1. The summed E-state index contributed by atoms with van der Waals surface area (Å²) in [7, 11) is 0. The quantitative estimate of drug-likeness (QED) is 0.719. The molecule has 0 radical (unpaired) electrons. The van der Waals surface area contributed by atoms with Gasteiger partial charge in [0.15, 0.2) is 0 Å². The number of phenols is 1. The molecule has 1 aromatic carbocycles. The van der Waals surface area contributed by atoms with Crippen LogP contribution in [0.5, 0.6) is 5.75 Å². The molecule has 128 valence electrons. The fraction of sp³-hybridized carbons (Fsp3) is 0.611. The maximum absolute atomic E-state index is 12.0. The van der Waals surface area contributed by atoms with Crippen LogP contribution in [-0.2, 0) is 4.79 Å². The van der Waals surface area contributed by atoms with Crippen LogP contribution in [-0.4, -0.2) is 47.2 Å². The second-order valence-electron chi connectivity index (χ2n) is 6.40. The molecule has 0 aromatic heterocycles. The van der Waals surface area contributed by atoms with E-state index in [1.165, 1.54) is 18.6 Å². The van der Waals surface area contributed by atoms with E-state index in [2.05, 4.69) is 17.1 Å². The molecule has 1 saturated heterocycles. The van der Waals surface area contributed by atoms with Gasteiger partial charge in [0.05, 0.1) is 6.10 Å². The average Bonchev–Trinajstić information content (AvgIpc) is 2.55. The van der Waals surface area contributed by atoms with Crippen LogP contribution in [0.4, 0.5) is 0 Å². The fourth-order valence-corrected chi connectivity index (χ4v) is 3.09. The highest BCUT2D eigenvalue weighted by molar-refractivity contribution is 5.76. The molecule has 1 aliphatic rings. The van der Waals surface area contributed by atoms with Crippen LogP contribution in [0.2, 0.25) is 0 Å². The van der Waals surface area contributed by atoms with Gasteiger partial charge in [-0.15, -0.1) is 0 Å². The molecule has 1 amide bonds.